The minimum atomic E-state index is 0.509. The summed E-state index contributed by atoms with van der Waals surface area (Å²) in [5, 5.41) is 3.55. The van der Waals surface area contributed by atoms with Crippen molar-refractivity contribution in [2.45, 2.75) is 78.7 Å². The summed E-state index contributed by atoms with van der Waals surface area (Å²) in [7, 11) is 2.15. The lowest BCUT2D eigenvalue weighted by molar-refractivity contribution is 0.209. The van der Waals surface area contributed by atoms with Crippen molar-refractivity contribution in [3.8, 4) is 0 Å². The lowest BCUT2D eigenvalue weighted by Gasteiger charge is -2.30. The van der Waals surface area contributed by atoms with Crippen LogP contribution in [0, 0.1) is 17.3 Å². The zero-order valence-electron chi connectivity index (χ0n) is 12.7. The minimum Gasteiger partial charge on any atom is -0.317 e. The van der Waals surface area contributed by atoms with E-state index in [4.69, 9.17) is 0 Å². The molecule has 1 saturated carbocycles. The molecule has 1 fully saturated rings. The van der Waals surface area contributed by atoms with Crippen molar-refractivity contribution in [3.63, 3.8) is 0 Å². The van der Waals surface area contributed by atoms with E-state index in [-0.39, 0.29) is 0 Å². The Kier molecular flexibility index (Phi) is 5.99. The first-order chi connectivity index (χ1) is 7.99. The first kappa shape index (κ1) is 15.0. The van der Waals surface area contributed by atoms with Crippen LogP contribution in [0.1, 0.15) is 72.6 Å². The molecule has 1 nitrogen and oxygen atoms in total. The van der Waals surface area contributed by atoms with E-state index in [2.05, 4.69) is 40.1 Å². The highest BCUT2D eigenvalue weighted by Gasteiger charge is 2.29. The van der Waals surface area contributed by atoms with Gasteiger partial charge >= 0.3 is 0 Å². The molecule has 0 bridgehead atoms. The third kappa shape index (κ3) is 4.62. The van der Waals surface area contributed by atoms with Crippen LogP contribution in [0.5, 0.6) is 0 Å². The van der Waals surface area contributed by atoms with Crippen LogP contribution >= 0.6 is 0 Å². The Balaban J connectivity index is 2.52. The topological polar surface area (TPSA) is 12.0 Å². The Labute approximate surface area is 109 Å². The molecule has 3 unspecified atom stereocenters. The fraction of sp³-hybridized carbons (Fsp3) is 1.00. The molecule has 1 heteroatoms. The zero-order valence-corrected chi connectivity index (χ0v) is 12.7. The molecule has 0 aromatic rings. The van der Waals surface area contributed by atoms with E-state index in [1.807, 2.05) is 0 Å². The summed E-state index contributed by atoms with van der Waals surface area (Å²) in [5.41, 5.74) is 0.509. The first-order valence-corrected chi connectivity index (χ1v) is 7.66. The van der Waals surface area contributed by atoms with Crippen LogP contribution in [0.2, 0.25) is 0 Å². The summed E-state index contributed by atoms with van der Waals surface area (Å²) in [4.78, 5) is 0. The van der Waals surface area contributed by atoms with Crippen LogP contribution < -0.4 is 5.32 Å². The Morgan fingerprint density at radius 1 is 1.12 bits per heavy atom. The molecule has 1 rings (SSSR count). The Morgan fingerprint density at radius 3 is 2.35 bits per heavy atom. The lowest BCUT2D eigenvalue weighted by Crippen LogP contribution is -2.33. The maximum Gasteiger partial charge on any atom is 0.00922 e. The SMILES string of the molecule is CCCC(NC)C1CCCC(C(C)(C)C)CC1. The molecule has 1 aliphatic rings. The molecule has 0 spiro atoms. The molecule has 0 radical (unpaired) electrons. The van der Waals surface area contributed by atoms with E-state index >= 15 is 0 Å². The molecule has 1 aliphatic carbocycles. The predicted molar refractivity (Wildman–Crippen MR) is 77.3 cm³/mol. The van der Waals surface area contributed by atoms with Crippen molar-refractivity contribution < 1.29 is 0 Å². The maximum absolute atomic E-state index is 3.55. The average molecular weight is 239 g/mol. The smallest absolute Gasteiger partial charge is 0.00922 e. The molecular formula is C16H33N. The predicted octanol–water partition coefficient (Wildman–Crippen LogP) is 4.62. The second-order valence-electron chi connectivity index (χ2n) is 7.02. The van der Waals surface area contributed by atoms with Gasteiger partial charge in [0.2, 0.25) is 0 Å². The fourth-order valence-electron chi connectivity index (χ4n) is 3.53. The van der Waals surface area contributed by atoms with Gasteiger partial charge in [-0.25, -0.2) is 0 Å². The Morgan fingerprint density at radius 2 is 1.82 bits per heavy atom. The van der Waals surface area contributed by atoms with E-state index in [0.717, 1.165) is 17.9 Å². The number of nitrogens with one attached hydrogen (secondary N) is 1. The standard InChI is InChI=1S/C16H33N/c1-6-8-15(17-5)13-9-7-10-14(12-11-13)16(2,3)4/h13-15,17H,6-12H2,1-5H3. The minimum absolute atomic E-state index is 0.509. The molecule has 102 valence electrons. The molecule has 0 amide bonds. The van der Waals surface area contributed by atoms with Gasteiger partial charge in [0.1, 0.15) is 0 Å². The van der Waals surface area contributed by atoms with Gasteiger partial charge in [0.05, 0.1) is 0 Å². The monoisotopic (exact) mass is 239 g/mol. The maximum atomic E-state index is 3.55. The second-order valence-corrected chi connectivity index (χ2v) is 7.02. The molecule has 0 aromatic heterocycles. The summed E-state index contributed by atoms with van der Waals surface area (Å²) >= 11 is 0. The number of hydrogen-bond acceptors (Lipinski definition) is 1. The summed E-state index contributed by atoms with van der Waals surface area (Å²) in [6.07, 6.45) is 9.87. The van der Waals surface area contributed by atoms with Crippen molar-refractivity contribution in [3.05, 3.63) is 0 Å². The molecule has 0 saturated heterocycles. The number of hydrogen-bond donors (Lipinski definition) is 1. The van der Waals surface area contributed by atoms with E-state index < -0.39 is 0 Å². The lowest BCUT2D eigenvalue weighted by atomic mass is 9.76. The highest BCUT2D eigenvalue weighted by Crippen LogP contribution is 2.39. The molecule has 17 heavy (non-hydrogen) atoms. The summed E-state index contributed by atoms with van der Waals surface area (Å²) in [6.45, 7) is 9.55. The molecule has 0 aliphatic heterocycles. The second kappa shape index (κ2) is 6.78. The van der Waals surface area contributed by atoms with Gasteiger partial charge in [-0.05, 0) is 56.4 Å². The highest BCUT2D eigenvalue weighted by molar-refractivity contribution is 4.83. The van der Waals surface area contributed by atoms with Crippen molar-refractivity contribution in [1.29, 1.82) is 0 Å². The van der Waals surface area contributed by atoms with E-state index in [1.54, 1.807) is 0 Å². The highest BCUT2D eigenvalue weighted by atomic mass is 14.9. The van der Waals surface area contributed by atoms with Gasteiger partial charge in [0.25, 0.3) is 0 Å². The van der Waals surface area contributed by atoms with Crippen LogP contribution in [-0.4, -0.2) is 13.1 Å². The first-order valence-electron chi connectivity index (χ1n) is 7.66. The van der Waals surface area contributed by atoms with Gasteiger partial charge in [-0.2, -0.15) is 0 Å². The largest absolute Gasteiger partial charge is 0.317 e. The van der Waals surface area contributed by atoms with Gasteiger partial charge in [-0.15, -0.1) is 0 Å². The normalized spacial score (nSPS) is 28.8. The van der Waals surface area contributed by atoms with Gasteiger partial charge in [0, 0.05) is 6.04 Å². The zero-order chi connectivity index (χ0) is 12.9. The Hall–Kier alpha value is -0.0400. The van der Waals surface area contributed by atoms with Crippen LogP contribution in [0.3, 0.4) is 0 Å². The van der Waals surface area contributed by atoms with Crippen molar-refractivity contribution in [2.75, 3.05) is 7.05 Å². The fourth-order valence-corrected chi connectivity index (χ4v) is 3.53. The molecular weight excluding hydrogens is 206 g/mol. The third-order valence-electron chi connectivity index (χ3n) is 4.78. The van der Waals surface area contributed by atoms with E-state index in [9.17, 15) is 0 Å². The van der Waals surface area contributed by atoms with Gasteiger partial charge in [-0.3, -0.25) is 0 Å². The van der Waals surface area contributed by atoms with Crippen LogP contribution in [0.4, 0.5) is 0 Å². The molecule has 1 N–H and O–H groups in total. The molecule has 0 heterocycles. The van der Waals surface area contributed by atoms with Gasteiger partial charge in [-0.1, -0.05) is 40.5 Å². The molecule has 3 atom stereocenters. The number of rotatable bonds is 4. The van der Waals surface area contributed by atoms with Crippen molar-refractivity contribution in [1.82, 2.24) is 5.32 Å². The summed E-state index contributed by atoms with van der Waals surface area (Å²) in [5.74, 6) is 1.86. The quantitative estimate of drug-likeness (QED) is 0.706. The van der Waals surface area contributed by atoms with Gasteiger partial charge < -0.3 is 5.32 Å². The van der Waals surface area contributed by atoms with Crippen molar-refractivity contribution in [2.24, 2.45) is 17.3 Å². The third-order valence-corrected chi connectivity index (χ3v) is 4.78. The van der Waals surface area contributed by atoms with Crippen LogP contribution in [0.25, 0.3) is 0 Å². The van der Waals surface area contributed by atoms with Gasteiger partial charge in [0.15, 0.2) is 0 Å². The Bertz CT molecular complexity index is 204. The van der Waals surface area contributed by atoms with E-state index in [1.165, 1.54) is 44.9 Å². The van der Waals surface area contributed by atoms with Crippen LogP contribution in [0.15, 0.2) is 0 Å². The van der Waals surface area contributed by atoms with E-state index in [0.29, 0.717) is 5.41 Å². The average Bonchev–Trinajstić information content (AvgIpc) is 2.50. The summed E-state index contributed by atoms with van der Waals surface area (Å²) in [6, 6.07) is 0.763. The van der Waals surface area contributed by atoms with Crippen LogP contribution in [-0.2, 0) is 0 Å². The summed E-state index contributed by atoms with van der Waals surface area (Å²) < 4.78 is 0. The molecule has 0 aromatic carbocycles. The van der Waals surface area contributed by atoms with Crippen molar-refractivity contribution >= 4 is 0 Å².